The van der Waals surface area contributed by atoms with Crippen LogP contribution in [-0.4, -0.2) is 14.5 Å². The van der Waals surface area contributed by atoms with Gasteiger partial charge in [0, 0.05) is 16.8 Å². The maximum atomic E-state index is 12.8. The average molecular weight is 376 g/mol. The molecule has 6 heteroatoms. The summed E-state index contributed by atoms with van der Waals surface area (Å²) in [6.07, 6.45) is 4.33. The molecule has 27 heavy (non-hydrogen) atoms. The van der Waals surface area contributed by atoms with E-state index in [4.69, 9.17) is 10.7 Å². The van der Waals surface area contributed by atoms with Crippen molar-refractivity contribution < 1.29 is 0 Å². The third-order valence-corrected chi connectivity index (χ3v) is 6.57. The summed E-state index contributed by atoms with van der Waals surface area (Å²) in [4.78, 5) is 23.2. The van der Waals surface area contributed by atoms with Gasteiger partial charge in [0.25, 0.3) is 5.56 Å². The Bertz CT molecular complexity index is 1200. The van der Waals surface area contributed by atoms with Gasteiger partial charge in [-0.3, -0.25) is 9.36 Å². The van der Waals surface area contributed by atoms with Gasteiger partial charge in [-0.1, -0.05) is 31.0 Å². The first-order valence-corrected chi connectivity index (χ1v) is 10.1. The molecule has 2 N–H and O–H groups in total. The van der Waals surface area contributed by atoms with E-state index in [0.29, 0.717) is 17.3 Å². The zero-order valence-corrected chi connectivity index (χ0v) is 15.9. The molecule has 0 amide bonds. The van der Waals surface area contributed by atoms with E-state index in [2.05, 4.69) is 23.2 Å². The fourth-order valence-electron chi connectivity index (χ4n) is 4.17. The fourth-order valence-corrected chi connectivity index (χ4v) is 5.16. The van der Waals surface area contributed by atoms with E-state index in [1.54, 1.807) is 17.4 Å². The Morgan fingerprint density at radius 1 is 1.15 bits per heavy atom. The van der Waals surface area contributed by atoms with E-state index in [0.717, 1.165) is 46.9 Å². The number of pyridine rings is 1. The standard InChI is InChI=1S/C21H20N4OS/c1-12-10-17(26)25(14-7-3-4-8-14)21-18(12)19(22)23-20(24-21)16-11-13-6-2-5-9-15(13)27-16/h2,5-6,9-11,14H,3-4,7-8H2,1H3,(H2,22,23,24). The normalized spacial score (nSPS) is 15.1. The van der Waals surface area contributed by atoms with Crippen LogP contribution in [0.2, 0.25) is 0 Å². The van der Waals surface area contributed by atoms with Gasteiger partial charge in [0.15, 0.2) is 5.82 Å². The Hall–Kier alpha value is -2.73. The topological polar surface area (TPSA) is 73.8 Å². The Kier molecular flexibility index (Phi) is 3.75. The second-order valence-electron chi connectivity index (χ2n) is 7.25. The summed E-state index contributed by atoms with van der Waals surface area (Å²) >= 11 is 1.65. The van der Waals surface area contributed by atoms with E-state index in [9.17, 15) is 4.79 Å². The lowest BCUT2D eigenvalue weighted by atomic mass is 10.1. The number of nitrogens with zero attached hydrogens (tertiary/aromatic N) is 3. The second-order valence-corrected chi connectivity index (χ2v) is 8.34. The van der Waals surface area contributed by atoms with Crippen LogP contribution >= 0.6 is 11.3 Å². The molecule has 3 heterocycles. The molecule has 0 spiro atoms. The van der Waals surface area contributed by atoms with Crippen LogP contribution < -0.4 is 11.3 Å². The van der Waals surface area contributed by atoms with Crippen LogP contribution in [-0.2, 0) is 0 Å². The molecule has 136 valence electrons. The monoisotopic (exact) mass is 376 g/mol. The molecule has 1 aliphatic carbocycles. The van der Waals surface area contributed by atoms with Gasteiger partial charge in [-0.15, -0.1) is 11.3 Å². The molecule has 1 saturated carbocycles. The molecule has 0 atom stereocenters. The largest absolute Gasteiger partial charge is 0.383 e. The van der Waals surface area contributed by atoms with Crippen molar-refractivity contribution in [3.63, 3.8) is 0 Å². The Balaban J connectivity index is 1.80. The number of nitrogens with two attached hydrogens (primary N) is 1. The molecule has 0 aliphatic heterocycles. The average Bonchev–Trinajstić information content (AvgIpc) is 3.30. The third-order valence-electron chi connectivity index (χ3n) is 5.45. The molecule has 0 saturated heterocycles. The van der Waals surface area contributed by atoms with Gasteiger partial charge in [0.05, 0.1) is 10.3 Å². The van der Waals surface area contributed by atoms with E-state index in [1.807, 2.05) is 23.6 Å². The van der Waals surface area contributed by atoms with Gasteiger partial charge >= 0.3 is 0 Å². The molecule has 1 aliphatic rings. The Morgan fingerprint density at radius 3 is 2.70 bits per heavy atom. The highest BCUT2D eigenvalue weighted by Crippen LogP contribution is 2.35. The summed E-state index contributed by atoms with van der Waals surface area (Å²) in [5, 5.41) is 1.96. The molecule has 1 fully saturated rings. The minimum absolute atomic E-state index is 0.00675. The predicted octanol–water partition coefficient (Wildman–Crippen LogP) is 4.68. The van der Waals surface area contributed by atoms with E-state index in [1.165, 1.54) is 4.70 Å². The van der Waals surface area contributed by atoms with Crippen LogP contribution in [0, 0.1) is 6.92 Å². The summed E-state index contributed by atoms with van der Waals surface area (Å²) < 4.78 is 3.04. The van der Waals surface area contributed by atoms with Gasteiger partial charge < -0.3 is 5.73 Å². The molecule has 0 unspecified atom stereocenters. The molecule has 4 aromatic rings. The summed E-state index contributed by atoms with van der Waals surface area (Å²) in [6, 6.07) is 12.2. The maximum absolute atomic E-state index is 12.8. The molecule has 0 bridgehead atoms. The molecular formula is C21H20N4OS. The smallest absolute Gasteiger partial charge is 0.252 e. The van der Waals surface area contributed by atoms with Crippen LogP contribution in [0.1, 0.15) is 37.3 Å². The zero-order chi connectivity index (χ0) is 18.5. The highest BCUT2D eigenvalue weighted by atomic mass is 32.1. The SMILES string of the molecule is Cc1cc(=O)n(C2CCCC2)c2nc(-c3cc4ccccc4s3)nc(N)c12. The number of thiophene rings is 1. The molecule has 5 rings (SSSR count). The van der Waals surface area contributed by atoms with Crippen molar-refractivity contribution in [2.24, 2.45) is 0 Å². The van der Waals surface area contributed by atoms with Gasteiger partial charge in [0.2, 0.25) is 0 Å². The number of anilines is 1. The number of benzene rings is 1. The summed E-state index contributed by atoms with van der Waals surface area (Å²) in [6.45, 7) is 1.90. The quantitative estimate of drug-likeness (QED) is 0.551. The van der Waals surface area contributed by atoms with Crippen LogP contribution in [0.3, 0.4) is 0 Å². The first-order valence-electron chi connectivity index (χ1n) is 9.30. The molecule has 5 nitrogen and oxygen atoms in total. The summed E-state index contributed by atoms with van der Waals surface area (Å²) in [7, 11) is 0. The van der Waals surface area contributed by atoms with Crippen LogP contribution in [0.5, 0.6) is 0 Å². The number of aromatic nitrogens is 3. The minimum atomic E-state index is 0.00675. The predicted molar refractivity (Wildman–Crippen MR) is 111 cm³/mol. The second kappa shape index (κ2) is 6.16. The van der Waals surface area contributed by atoms with Crippen LogP contribution in [0.15, 0.2) is 41.2 Å². The van der Waals surface area contributed by atoms with Crippen molar-refractivity contribution in [2.75, 3.05) is 5.73 Å². The van der Waals surface area contributed by atoms with Gasteiger partial charge in [0.1, 0.15) is 11.5 Å². The molecule has 0 radical (unpaired) electrons. The van der Waals surface area contributed by atoms with Gasteiger partial charge in [-0.25, -0.2) is 9.97 Å². The molecule has 3 aromatic heterocycles. The van der Waals surface area contributed by atoms with E-state index in [-0.39, 0.29) is 11.6 Å². The van der Waals surface area contributed by atoms with Crippen molar-refractivity contribution in [2.45, 2.75) is 38.6 Å². The van der Waals surface area contributed by atoms with Crippen LogP contribution in [0.25, 0.3) is 31.8 Å². The van der Waals surface area contributed by atoms with E-state index < -0.39 is 0 Å². The van der Waals surface area contributed by atoms with Crippen molar-refractivity contribution in [3.8, 4) is 10.7 Å². The maximum Gasteiger partial charge on any atom is 0.252 e. The zero-order valence-electron chi connectivity index (χ0n) is 15.1. The number of fused-ring (bicyclic) bond motifs is 2. The Labute approximate surface area is 160 Å². The third kappa shape index (κ3) is 2.63. The number of nitrogen functional groups attached to an aromatic ring is 1. The summed E-state index contributed by atoms with van der Waals surface area (Å²) in [5.74, 6) is 1.04. The Morgan fingerprint density at radius 2 is 1.93 bits per heavy atom. The lowest BCUT2D eigenvalue weighted by molar-refractivity contribution is 0.515. The highest BCUT2D eigenvalue weighted by molar-refractivity contribution is 7.22. The number of rotatable bonds is 2. The first-order chi connectivity index (χ1) is 13.1. The number of aryl methyl sites for hydroxylation is 1. The minimum Gasteiger partial charge on any atom is -0.383 e. The number of hydrogen-bond donors (Lipinski definition) is 1. The molecular weight excluding hydrogens is 356 g/mol. The highest BCUT2D eigenvalue weighted by Gasteiger charge is 2.23. The van der Waals surface area contributed by atoms with Crippen molar-refractivity contribution in [1.82, 2.24) is 14.5 Å². The van der Waals surface area contributed by atoms with Gasteiger partial charge in [-0.2, -0.15) is 0 Å². The van der Waals surface area contributed by atoms with E-state index >= 15 is 0 Å². The first kappa shape index (κ1) is 16.4. The van der Waals surface area contributed by atoms with Crippen molar-refractivity contribution in [1.29, 1.82) is 0 Å². The van der Waals surface area contributed by atoms with Gasteiger partial charge in [-0.05, 0) is 42.8 Å². The van der Waals surface area contributed by atoms with Crippen molar-refractivity contribution in [3.05, 3.63) is 52.3 Å². The number of hydrogen-bond acceptors (Lipinski definition) is 5. The molecule has 1 aromatic carbocycles. The lowest BCUT2D eigenvalue weighted by Gasteiger charge is -2.18. The summed E-state index contributed by atoms with van der Waals surface area (Å²) in [5.41, 5.74) is 7.86. The lowest BCUT2D eigenvalue weighted by Crippen LogP contribution is -2.25. The van der Waals surface area contributed by atoms with Crippen molar-refractivity contribution >= 4 is 38.3 Å². The fraction of sp³-hybridized carbons (Fsp3) is 0.286. The van der Waals surface area contributed by atoms with Crippen LogP contribution in [0.4, 0.5) is 5.82 Å².